The summed E-state index contributed by atoms with van der Waals surface area (Å²) in [5.74, 6) is 2.68. The Bertz CT molecular complexity index is 508. The zero-order valence-corrected chi connectivity index (χ0v) is 10.7. The van der Waals surface area contributed by atoms with Crippen molar-refractivity contribution >= 4 is 11.6 Å². The molecule has 0 saturated carbocycles. The number of hydrogen-bond donors (Lipinski definition) is 2. The number of anilines is 2. The van der Waals surface area contributed by atoms with Gasteiger partial charge in [0, 0.05) is 32.2 Å². The third-order valence-corrected chi connectivity index (χ3v) is 3.12. The van der Waals surface area contributed by atoms with Crippen LogP contribution in [0.25, 0.3) is 0 Å². The molecule has 1 aliphatic heterocycles. The first kappa shape index (κ1) is 12.0. The summed E-state index contributed by atoms with van der Waals surface area (Å²) in [5.41, 5.74) is 0. The molecule has 3 rings (SSSR count). The summed E-state index contributed by atoms with van der Waals surface area (Å²) < 4.78 is 5.28. The van der Waals surface area contributed by atoms with Gasteiger partial charge in [-0.1, -0.05) is 0 Å². The lowest BCUT2D eigenvalue weighted by molar-refractivity contribution is 0.518. The summed E-state index contributed by atoms with van der Waals surface area (Å²) >= 11 is 0. The van der Waals surface area contributed by atoms with E-state index in [4.69, 9.17) is 4.42 Å². The molecule has 0 atom stereocenters. The second kappa shape index (κ2) is 5.71. The number of furan rings is 1. The minimum absolute atomic E-state index is 0.630. The minimum Gasteiger partial charge on any atom is -0.467 e. The number of hydrogen-bond acceptors (Lipinski definition) is 6. The van der Waals surface area contributed by atoms with E-state index >= 15 is 0 Å². The molecule has 1 saturated heterocycles. The molecule has 0 spiro atoms. The lowest BCUT2D eigenvalue weighted by Gasteiger charge is -2.28. The van der Waals surface area contributed by atoms with Gasteiger partial charge in [-0.15, -0.1) is 0 Å². The molecule has 0 radical (unpaired) electrons. The average molecular weight is 259 g/mol. The monoisotopic (exact) mass is 259 g/mol. The van der Waals surface area contributed by atoms with E-state index < -0.39 is 0 Å². The van der Waals surface area contributed by atoms with Crippen molar-refractivity contribution in [2.24, 2.45) is 0 Å². The van der Waals surface area contributed by atoms with Crippen LogP contribution in [-0.2, 0) is 6.54 Å². The molecule has 3 heterocycles. The highest BCUT2D eigenvalue weighted by molar-refractivity contribution is 5.48. The Morgan fingerprint density at radius 2 is 2.21 bits per heavy atom. The first-order chi connectivity index (χ1) is 9.42. The first-order valence-corrected chi connectivity index (χ1v) is 6.46. The lowest BCUT2D eigenvalue weighted by Crippen LogP contribution is -2.43. The smallest absolute Gasteiger partial charge is 0.134 e. The van der Waals surface area contributed by atoms with Gasteiger partial charge < -0.3 is 20.0 Å². The molecule has 1 fully saturated rings. The Labute approximate surface area is 111 Å². The van der Waals surface area contributed by atoms with Crippen LogP contribution in [0.4, 0.5) is 11.6 Å². The first-order valence-electron chi connectivity index (χ1n) is 6.46. The fourth-order valence-electron chi connectivity index (χ4n) is 2.10. The van der Waals surface area contributed by atoms with E-state index in [-0.39, 0.29) is 0 Å². The number of rotatable bonds is 4. The van der Waals surface area contributed by atoms with Gasteiger partial charge in [-0.3, -0.25) is 0 Å². The molecule has 6 heteroatoms. The maximum absolute atomic E-state index is 5.28. The highest BCUT2D eigenvalue weighted by Gasteiger charge is 2.12. The SMILES string of the molecule is c1coc(CNc2cc(N3CCNCC3)ncn2)c1. The van der Waals surface area contributed by atoms with Gasteiger partial charge in [0.1, 0.15) is 23.7 Å². The molecule has 0 amide bonds. The standard InChI is InChI=1S/C13H17N5O/c1-2-11(19-7-1)9-15-12-8-13(17-10-16-12)18-5-3-14-4-6-18/h1-2,7-8,10,14H,3-6,9H2,(H,15,16,17). The van der Waals surface area contributed by atoms with Crippen molar-refractivity contribution in [1.82, 2.24) is 15.3 Å². The zero-order valence-electron chi connectivity index (χ0n) is 10.7. The van der Waals surface area contributed by atoms with Crippen LogP contribution < -0.4 is 15.5 Å². The second-order valence-corrected chi connectivity index (χ2v) is 4.43. The summed E-state index contributed by atoms with van der Waals surface area (Å²) in [4.78, 5) is 10.8. The van der Waals surface area contributed by atoms with Gasteiger partial charge in [0.25, 0.3) is 0 Å². The zero-order chi connectivity index (χ0) is 12.9. The van der Waals surface area contributed by atoms with Gasteiger partial charge in [-0.2, -0.15) is 0 Å². The number of nitrogens with zero attached hydrogens (tertiary/aromatic N) is 3. The molecule has 0 bridgehead atoms. The Morgan fingerprint density at radius 3 is 3.00 bits per heavy atom. The summed E-state index contributed by atoms with van der Waals surface area (Å²) in [6.07, 6.45) is 3.27. The minimum atomic E-state index is 0.630. The second-order valence-electron chi connectivity index (χ2n) is 4.43. The van der Waals surface area contributed by atoms with E-state index in [1.807, 2.05) is 18.2 Å². The molecule has 0 aromatic carbocycles. The maximum Gasteiger partial charge on any atom is 0.134 e. The molecule has 2 N–H and O–H groups in total. The van der Waals surface area contributed by atoms with Crippen LogP contribution in [0.5, 0.6) is 0 Å². The molecule has 2 aromatic rings. The molecule has 1 aliphatic rings. The molecule has 100 valence electrons. The molecule has 2 aromatic heterocycles. The number of aromatic nitrogens is 2. The fraction of sp³-hybridized carbons (Fsp3) is 0.385. The van der Waals surface area contributed by atoms with Crippen LogP contribution in [0.15, 0.2) is 35.2 Å². The molecular formula is C13H17N5O. The van der Waals surface area contributed by atoms with E-state index in [0.29, 0.717) is 6.54 Å². The Morgan fingerprint density at radius 1 is 1.32 bits per heavy atom. The third-order valence-electron chi connectivity index (χ3n) is 3.12. The predicted molar refractivity (Wildman–Crippen MR) is 73.1 cm³/mol. The van der Waals surface area contributed by atoms with E-state index in [9.17, 15) is 0 Å². The predicted octanol–water partition coefficient (Wildman–Crippen LogP) is 1.09. The Kier molecular flexibility index (Phi) is 3.60. The van der Waals surface area contributed by atoms with Crippen LogP contribution in [0.1, 0.15) is 5.76 Å². The van der Waals surface area contributed by atoms with Crippen molar-refractivity contribution in [2.45, 2.75) is 6.54 Å². The summed E-state index contributed by atoms with van der Waals surface area (Å²) in [6.45, 7) is 4.59. The van der Waals surface area contributed by atoms with E-state index in [0.717, 1.165) is 43.6 Å². The van der Waals surface area contributed by atoms with E-state index in [1.165, 1.54) is 0 Å². The van der Waals surface area contributed by atoms with Gasteiger partial charge >= 0.3 is 0 Å². The summed E-state index contributed by atoms with van der Waals surface area (Å²) in [6, 6.07) is 5.79. The normalized spacial score (nSPS) is 15.5. The molecular weight excluding hydrogens is 242 g/mol. The van der Waals surface area contributed by atoms with Gasteiger partial charge in [0.05, 0.1) is 12.8 Å². The van der Waals surface area contributed by atoms with Crippen LogP contribution in [-0.4, -0.2) is 36.1 Å². The van der Waals surface area contributed by atoms with Crippen LogP contribution in [0.3, 0.4) is 0 Å². The van der Waals surface area contributed by atoms with Crippen molar-refractivity contribution in [3.63, 3.8) is 0 Å². The highest BCUT2D eigenvalue weighted by Crippen LogP contribution is 2.15. The van der Waals surface area contributed by atoms with Gasteiger partial charge in [-0.05, 0) is 12.1 Å². The average Bonchev–Trinajstić information content (AvgIpc) is 3.00. The molecule has 0 aliphatic carbocycles. The summed E-state index contributed by atoms with van der Waals surface area (Å²) in [7, 11) is 0. The van der Waals surface area contributed by atoms with E-state index in [2.05, 4.69) is 25.5 Å². The molecule has 0 unspecified atom stereocenters. The number of nitrogens with one attached hydrogen (secondary N) is 2. The van der Waals surface area contributed by atoms with Crippen LogP contribution >= 0.6 is 0 Å². The van der Waals surface area contributed by atoms with Gasteiger partial charge in [-0.25, -0.2) is 9.97 Å². The molecule has 19 heavy (non-hydrogen) atoms. The third kappa shape index (κ3) is 3.03. The summed E-state index contributed by atoms with van der Waals surface area (Å²) in [5, 5.41) is 6.57. The Balaban J connectivity index is 1.65. The van der Waals surface area contributed by atoms with Crippen molar-refractivity contribution in [3.05, 3.63) is 36.5 Å². The van der Waals surface area contributed by atoms with Crippen LogP contribution in [0.2, 0.25) is 0 Å². The maximum atomic E-state index is 5.28. The topological polar surface area (TPSA) is 66.2 Å². The van der Waals surface area contributed by atoms with Gasteiger partial charge in [0.15, 0.2) is 0 Å². The lowest BCUT2D eigenvalue weighted by atomic mass is 10.3. The van der Waals surface area contributed by atoms with Crippen molar-refractivity contribution < 1.29 is 4.42 Å². The van der Waals surface area contributed by atoms with E-state index in [1.54, 1.807) is 12.6 Å². The van der Waals surface area contributed by atoms with Crippen LogP contribution in [0, 0.1) is 0 Å². The van der Waals surface area contributed by atoms with Crippen molar-refractivity contribution in [1.29, 1.82) is 0 Å². The fourth-order valence-corrected chi connectivity index (χ4v) is 2.10. The molecule has 6 nitrogen and oxygen atoms in total. The highest BCUT2D eigenvalue weighted by atomic mass is 16.3. The quantitative estimate of drug-likeness (QED) is 0.857. The largest absolute Gasteiger partial charge is 0.467 e. The number of piperazine rings is 1. The van der Waals surface area contributed by atoms with Crippen molar-refractivity contribution in [2.75, 3.05) is 36.4 Å². The van der Waals surface area contributed by atoms with Gasteiger partial charge in [0.2, 0.25) is 0 Å². The van der Waals surface area contributed by atoms with Crippen molar-refractivity contribution in [3.8, 4) is 0 Å². The Hall–Kier alpha value is -2.08.